The van der Waals surface area contributed by atoms with Crippen molar-refractivity contribution in [3.8, 4) is 0 Å². The van der Waals surface area contributed by atoms with Gasteiger partial charge in [-0.3, -0.25) is 0 Å². The molecule has 2 aromatic carbocycles. The van der Waals surface area contributed by atoms with E-state index in [0.717, 1.165) is 11.1 Å². The van der Waals surface area contributed by atoms with E-state index >= 15 is 0 Å². The van der Waals surface area contributed by atoms with Crippen LogP contribution in [0.3, 0.4) is 0 Å². The minimum Gasteiger partial charge on any atom is -0.411 e. The van der Waals surface area contributed by atoms with E-state index in [2.05, 4.69) is 22.4 Å². The van der Waals surface area contributed by atoms with Crippen molar-refractivity contribution in [2.24, 2.45) is 28.1 Å². The van der Waals surface area contributed by atoms with Crippen LogP contribution in [0.1, 0.15) is 36.8 Å². The molecule has 0 heterocycles. The van der Waals surface area contributed by atoms with Gasteiger partial charge in [-0.1, -0.05) is 71.0 Å². The van der Waals surface area contributed by atoms with E-state index in [4.69, 9.17) is 0 Å². The number of hydrogen-bond acceptors (Lipinski definition) is 5. The molecule has 0 aliphatic heterocycles. The van der Waals surface area contributed by atoms with Crippen molar-refractivity contribution in [2.45, 2.75) is 36.7 Å². The van der Waals surface area contributed by atoms with Crippen molar-refractivity contribution >= 4 is 11.4 Å². The summed E-state index contributed by atoms with van der Waals surface area (Å²) >= 11 is 0. The highest BCUT2D eigenvalue weighted by Crippen LogP contribution is 2.67. The van der Waals surface area contributed by atoms with Gasteiger partial charge >= 0.3 is 0 Å². The van der Waals surface area contributed by atoms with Gasteiger partial charge in [-0.15, -0.1) is 0 Å². The Bertz CT molecular complexity index is 954. The molecule has 4 bridgehead atoms. The number of nitrogens with zero attached hydrogens (tertiary/aromatic N) is 2. The molecule has 5 heteroatoms. The minimum absolute atomic E-state index is 0.0120. The summed E-state index contributed by atoms with van der Waals surface area (Å²) in [5.74, 6) is -0.703. The van der Waals surface area contributed by atoms with Gasteiger partial charge in [0.15, 0.2) is 0 Å². The average Bonchev–Trinajstić information content (AvgIpc) is 2.72. The third-order valence-electron chi connectivity index (χ3n) is 7.64. The maximum Gasteiger partial charge on any atom is 0.0804 e. The highest BCUT2D eigenvalue weighted by molar-refractivity contribution is 6.14. The number of rotatable bonds is 2. The fraction of sp³-hybridized carbons (Fsp3) is 0.391. The summed E-state index contributed by atoms with van der Waals surface area (Å²) in [6, 6.07) is 20.1. The lowest BCUT2D eigenvalue weighted by Crippen LogP contribution is -2.73. The molecule has 3 N–H and O–H groups in total. The lowest BCUT2D eigenvalue weighted by molar-refractivity contribution is -0.121. The van der Waals surface area contributed by atoms with Gasteiger partial charge in [-0.2, -0.15) is 0 Å². The second-order valence-corrected chi connectivity index (χ2v) is 8.63. The van der Waals surface area contributed by atoms with E-state index in [0.29, 0.717) is 24.3 Å². The Hall–Kier alpha value is -2.66. The Balaban J connectivity index is 1.76. The monoisotopic (exact) mass is 376 g/mol. The second-order valence-electron chi connectivity index (χ2n) is 8.63. The van der Waals surface area contributed by atoms with E-state index in [-0.39, 0.29) is 23.7 Å². The maximum absolute atomic E-state index is 12.0. The number of hydrogen-bond donors (Lipinski definition) is 3. The zero-order chi connectivity index (χ0) is 19.5. The molecule has 4 aliphatic rings. The third kappa shape index (κ3) is 2.00. The summed E-state index contributed by atoms with van der Waals surface area (Å²) in [6.45, 7) is 1.89. The lowest BCUT2D eigenvalue weighted by atomic mass is 9.37. The molecule has 6 unspecified atom stereocenters. The number of benzene rings is 2. The summed E-state index contributed by atoms with van der Waals surface area (Å²) in [5.41, 5.74) is 1.82. The Labute approximate surface area is 164 Å². The smallest absolute Gasteiger partial charge is 0.0804 e. The SMILES string of the molecule is CC1(O)C2/C(=N\O)C3CC1(c1ccccc1)CC(/C3=N/O)C2c1ccccc1. The zero-order valence-electron chi connectivity index (χ0n) is 15.7. The molecule has 0 aromatic heterocycles. The second kappa shape index (κ2) is 5.92. The Kier molecular flexibility index (Phi) is 3.68. The standard InChI is InChI=1S/C23H24N2O3/c1-22(26)19-18(14-8-4-2-5-9-14)16-12-23(22,15-10-6-3-7-11-15)13-17(20(16)24-27)21(19)25-28/h2-11,16-19,26-28H,12-13H2,1H3/b24-20-,25-21-. The van der Waals surface area contributed by atoms with Crippen LogP contribution in [0.5, 0.6) is 0 Å². The molecule has 0 radical (unpaired) electrons. The highest BCUT2D eigenvalue weighted by Gasteiger charge is 2.71. The molecule has 5 nitrogen and oxygen atoms in total. The molecule has 6 atom stereocenters. The predicted octanol–water partition coefficient (Wildman–Crippen LogP) is 3.79. The molecule has 0 saturated heterocycles. The topological polar surface area (TPSA) is 85.4 Å². The fourth-order valence-electron chi connectivity index (χ4n) is 6.48. The normalized spacial score (nSPS) is 41.6. The minimum atomic E-state index is -1.09. The van der Waals surface area contributed by atoms with E-state index in [1.54, 1.807) is 0 Å². The largest absolute Gasteiger partial charge is 0.411 e. The van der Waals surface area contributed by atoms with Crippen molar-refractivity contribution in [3.63, 3.8) is 0 Å². The molecular formula is C23H24N2O3. The van der Waals surface area contributed by atoms with E-state index in [1.165, 1.54) is 0 Å². The first-order valence-corrected chi connectivity index (χ1v) is 9.81. The number of aliphatic hydroxyl groups is 1. The van der Waals surface area contributed by atoms with Crippen LogP contribution < -0.4 is 0 Å². The highest BCUT2D eigenvalue weighted by atomic mass is 16.4. The van der Waals surface area contributed by atoms with Gasteiger partial charge in [0, 0.05) is 29.1 Å². The molecular weight excluding hydrogens is 352 g/mol. The van der Waals surface area contributed by atoms with Crippen molar-refractivity contribution in [1.29, 1.82) is 0 Å². The molecule has 4 aliphatic carbocycles. The molecule has 6 rings (SSSR count). The Morgan fingerprint density at radius 2 is 1.46 bits per heavy atom. The molecule has 0 spiro atoms. The fourth-order valence-corrected chi connectivity index (χ4v) is 6.48. The zero-order valence-corrected chi connectivity index (χ0v) is 15.7. The van der Waals surface area contributed by atoms with Crippen LogP contribution in [0.4, 0.5) is 0 Å². The Morgan fingerprint density at radius 1 is 0.857 bits per heavy atom. The van der Waals surface area contributed by atoms with Crippen LogP contribution in [-0.2, 0) is 5.41 Å². The molecule has 144 valence electrons. The van der Waals surface area contributed by atoms with Crippen LogP contribution in [0.15, 0.2) is 71.0 Å². The van der Waals surface area contributed by atoms with E-state index in [9.17, 15) is 15.5 Å². The van der Waals surface area contributed by atoms with Crippen LogP contribution in [0, 0.1) is 17.8 Å². The van der Waals surface area contributed by atoms with Crippen LogP contribution in [0.2, 0.25) is 0 Å². The lowest BCUT2D eigenvalue weighted by Gasteiger charge is -2.67. The summed E-state index contributed by atoms with van der Waals surface area (Å²) in [6.07, 6.45) is 1.28. The summed E-state index contributed by atoms with van der Waals surface area (Å²) in [7, 11) is 0. The average molecular weight is 376 g/mol. The van der Waals surface area contributed by atoms with Crippen LogP contribution in [0.25, 0.3) is 0 Å². The summed E-state index contributed by atoms with van der Waals surface area (Å²) in [4.78, 5) is 0. The van der Waals surface area contributed by atoms with Crippen molar-refractivity contribution in [2.75, 3.05) is 0 Å². The summed E-state index contributed by atoms with van der Waals surface area (Å²) < 4.78 is 0. The molecule has 4 saturated carbocycles. The van der Waals surface area contributed by atoms with Crippen molar-refractivity contribution in [1.82, 2.24) is 0 Å². The van der Waals surface area contributed by atoms with E-state index in [1.807, 2.05) is 55.5 Å². The third-order valence-corrected chi connectivity index (χ3v) is 7.64. The van der Waals surface area contributed by atoms with Crippen LogP contribution >= 0.6 is 0 Å². The van der Waals surface area contributed by atoms with Gasteiger partial charge in [0.2, 0.25) is 0 Å². The van der Waals surface area contributed by atoms with Gasteiger partial charge in [-0.05, 0) is 30.9 Å². The first kappa shape index (κ1) is 17.4. The first-order chi connectivity index (χ1) is 13.5. The van der Waals surface area contributed by atoms with Gasteiger partial charge in [0.1, 0.15) is 0 Å². The molecule has 28 heavy (non-hydrogen) atoms. The Morgan fingerprint density at radius 3 is 2.07 bits per heavy atom. The quantitative estimate of drug-likeness (QED) is 0.551. The molecule has 0 amide bonds. The van der Waals surface area contributed by atoms with Gasteiger partial charge in [-0.25, -0.2) is 0 Å². The van der Waals surface area contributed by atoms with Crippen molar-refractivity contribution in [3.05, 3.63) is 71.8 Å². The molecule has 2 aromatic rings. The van der Waals surface area contributed by atoms with Crippen LogP contribution in [-0.4, -0.2) is 32.5 Å². The summed E-state index contributed by atoms with van der Waals surface area (Å²) in [5, 5.41) is 39.1. The van der Waals surface area contributed by atoms with Gasteiger partial charge in [0.05, 0.1) is 17.0 Å². The van der Waals surface area contributed by atoms with Gasteiger partial charge in [0.25, 0.3) is 0 Å². The predicted molar refractivity (Wildman–Crippen MR) is 106 cm³/mol. The van der Waals surface area contributed by atoms with Gasteiger partial charge < -0.3 is 15.5 Å². The molecule has 4 fully saturated rings. The maximum atomic E-state index is 12.0. The van der Waals surface area contributed by atoms with Crippen molar-refractivity contribution < 1.29 is 15.5 Å². The first-order valence-electron chi connectivity index (χ1n) is 9.81. The van der Waals surface area contributed by atoms with E-state index < -0.39 is 11.0 Å². The number of oxime groups is 2.